The molecule has 0 bridgehead atoms. The second kappa shape index (κ2) is 2.81. The Morgan fingerprint density at radius 1 is 1.78 bits per heavy atom. The lowest BCUT2D eigenvalue weighted by Crippen LogP contribution is -2.13. The highest BCUT2D eigenvalue weighted by molar-refractivity contribution is 7.05. The molecular weight excluding hydrogens is 140 g/mol. The van der Waals surface area contributed by atoms with Crippen molar-refractivity contribution in [3.63, 3.8) is 0 Å². The zero-order valence-corrected chi connectivity index (χ0v) is 5.38. The van der Waals surface area contributed by atoms with Gasteiger partial charge in [-0.1, -0.05) is 4.49 Å². The van der Waals surface area contributed by atoms with E-state index >= 15 is 0 Å². The summed E-state index contributed by atoms with van der Waals surface area (Å²) in [6, 6.07) is -0.426. The number of aromatic nitrogens is 3. The summed E-state index contributed by atoms with van der Waals surface area (Å²) in [5, 5.41) is 15.9. The largest absolute Gasteiger partial charge is 0.394 e. The van der Waals surface area contributed by atoms with E-state index in [0.717, 1.165) is 11.5 Å². The van der Waals surface area contributed by atoms with Gasteiger partial charge >= 0.3 is 0 Å². The van der Waals surface area contributed by atoms with Crippen LogP contribution in [-0.4, -0.2) is 26.5 Å². The monoisotopic (exact) mass is 146 g/mol. The normalized spacial score (nSPS) is 13.6. The van der Waals surface area contributed by atoms with E-state index in [-0.39, 0.29) is 6.61 Å². The van der Waals surface area contributed by atoms with Crippen LogP contribution < -0.4 is 5.73 Å². The van der Waals surface area contributed by atoms with E-state index in [1.165, 1.54) is 0 Å². The average molecular weight is 146 g/mol. The third-order valence-corrected chi connectivity index (χ3v) is 1.55. The van der Waals surface area contributed by atoms with E-state index in [2.05, 4.69) is 14.8 Å². The molecule has 1 rings (SSSR count). The fraction of sp³-hybridized carbons (Fsp3) is 0.667. The third kappa shape index (κ3) is 1.41. The molecule has 1 aromatic rings. The van der Waals surface area contributed by atoms with E-state index in [9.17, 15) is 0 Å². The van der Waals surface area contributed by atoms with Gasteiger partial charge in [-0.3, -0.25) is 0 Å². The Labute approximate surface area is 55.7 Å². The molecular formula is C3H6N4OS. The maximum atomic E-state index is 8.49. The molecule has 0 aliphatic rings. The van der Waals surface area contributed by atoms with Crippen LogP contribution in [0.25, 0.3) is 0 Å². The van der Waals surface area contributed by atoms with Crippen LogP contribution >= 0.6 is 11.5 Å². The van der Waals surface area contributed by atoms with Crippen LogP contribution in [-0.2, 0) is 0 Å². The summed E-state index contributed by atoms with van der Waals surface area (Å²) in [6.45, 7) is -0.114. The van der Waals surface area contributed by atoms with Gasteiger partial charge in [-0.25, -0.2) is 0 Å². The fourth-order valence-electron chi connectivity index (χ4n) is 0.361. The number of aliphatic hydroxyl groups is 1. The van der Waals surface area contributed by atoms with Crippen LogP contribution in [0.3, 0.4) is 0 Å². The minimum atomic E-state index is -0.426. The Morgan fingerprint density at radius 2 is 2.56 bits per heavy atom. The summed E-state index contributed by atoms with van der Waals surface area (Å²) < 4.78 is 3.48. The Bertz CT molecular complexity index is 164. The molecule has 1 atom stereocenters. The van der Waals surface area contributed by atoms with Crippen LogP contribution in [0, 0.1) is 0 Å². The van der Waals surface area contributed by atoms with Crippen molar-refractivity contribution >= 4 is 11.5 Å². The maximum absolute atomic E-state index is 8.49. The molecule has 5 nitrogen and oxygen atoms in total. The third-order valence-electron chi connectivity index (χ3n) is 0.828. The molecule has 1 aromatic heterocycles. The SMILES string of the molecule is NC(CO)c1nnns1. The van der Waals surface area contributed by atoms with Crippen molar-refractivity contribution in [2.45, 2.75) is 6.04 Å². The molecule has 1 unspecified atom stereocenters. The first-order valence-electron chi connectivity index (χ1n) is 2.36. The molecule has 0 amide bonds. The Morgan fingerprint density at radius 3 is 3.00 bits per heavy atom. The van der Waals surface area contributed by atoms with Gasteiger partial charge in [0.2, 0.25) is 0 Å². The highest BCUT2D eigenvalue weighted by Crippen LogP contribution is 2.06. The van der Waals surface area contributed by atoms with Gasteiger partial charge in [0.1, 0.15) is 0 Å². The number of hydrogen-bond acceptors (Lipinski definition) is 6. The fourth-order valence-corrected chi connectivity index (χ4v) is 0.800. The van der Waals surface area contributed by atoms with Crippen LogP contribution in [0.1, 0.15) is 11.0 Å². The van der Waals surface area contributed by atoms with Crippen molar-refractivity contribution < 1.29 is 5.11 Å². The van der Waals surface area contributed by atoms with Crippen molar-refractivity contribution in [3.8, 4) is 0 Å². The lowest BCUT2D eigenvalue weighted by Gasteiger charge is -1.98. The molecule has 9 heavy (non-hydrogen) atoms. The summed E-state index contributed by atoms with van der Waals surface area (Å²) in [5.74, 6) is 0. The molecule has 0 aliphatic heterocycles. The summed E-state index contributed by atoms with van der Waals surface area (Å²) >= 11 is 1.10. The average Bonchev–Trinajstić information content (AvgIpc) is 2.37. The molecule has 0 aromatic carbocycles. The van der Waals surface area contributed by atoms with Gasteiger partial charge in [0, 0.05) is 11.5 Å². The summed E-state index contributed by atoms with van der Waals surface area (Å²) in [6.07, 6.45) is 0. The Hall–Kier alpha value is -0.590. The maximum Gasteiger partial charge on any atom is 0.157 e. The summed E-state index contributed by atoms with van der Waals surface area (Å²) in [5.41, 5.74) is 5.36. The highest BCUT2D eigenvalue weighted by atomic mass is 32.1. The molecule has 0 aliphatic carbocycles. The number of rotatable bonds is 2. The van der Waals surface area contributed by atoms with Gasteiger partial charge in [-0.15, -0.1) is 5.10 Å². The Balaban J connectivity index is 2.65. The second-order valence-corrected chi connectivity index (χ2v) is 2.25. The molecule has 3 N–H and O–H groups in total. The molecule has 0 saturated heterocycles. The van der Waals surface area contributed by atoms with E-state index in [1.54, 1.807) is 0 Å². The topological polar surface area (TPSA) is 84.9 Å². The van der Waals surface area contributed by atoms with Crippen molar-refractivity contribution in [1.82, 2.24) is 14.8 Å². The van der Waals surface area contributed by atoms with Crippen LogP contribution in [0.15, 0.2) is 0 Å². The predicted octanol–water partition coefficient (Wildman–Crippen LogP) is -1.07. The first kappa shape index (κ1) is 6.53. The highest BCUT2D eigenvalue weighted by Gasteiger charge is 2.07. The molecule has 0 radical (unpaired) electrons. The van der Waals surface area contributed by atoms with E-state index in [0.29, 0.717) is 5.01 Å². The van der Waals surface area contributed by atoms with Crippen LogP contribution in [0.2, 0.25) is 0 Å². The van der Waals surface area contributed by atoms with Gasteiger partial charge in [0.15, 0.2) is 5.01 Å². The van der Waals surface area contributed by atoms with Crippen LogP contribution in [0.4, 0.5) is 0 Å². The predicted molar refractivity (Wildman–Crippen MR) is 31.7 cm³/mol. The van der Waals surface area contributed by atoms with Crippen molar-refractivity contribution in [2.24, 2.45) is 5.73 Å². The molecule has 0 saturated carbocycles. The van der Waals surface area contributed by atoms with E-state index in [1.807, 2.05) is 0 Å². The lowest BCUT2D eigenvalue weighted by molar-refractivity contribution is 0.267. The standard InChI is InChI=1S/C3H6N4OS/c4-2(1-8)3-5-6-7-9-3/h2,8H,1,4H2. The smallest absolute Gasteiger partial charge is 0.157 e. The zero-order valence-electron chi connectivity index (χ0n) is 4.56. The lowest BCUT2D eigenvalue weighted by atomic mass is 10.4. The summed E-state index contributed by atoms with van der Waals surface area (Å²) in [4.78, 5) is 0. The van der Waals surface area contributed by atoms with Crippen molar-refractivity contribution in [2.75, 3.05) is 6.61 Å². The number of hydrogen-bond donors (Lipinski definition) is 2. The summed E-state index contributed by atoms with van der Waals surface area (Å²) in [7, 11) is 0. The van der Waals surface area contributed by atoms with Gasteiger partial charge in [-0.2, -0.15) is 0 Å². The molecule has 1 heterocycles. The molecule has 6 heteroatoms. The van der Waals surface area contributed by atoms with Gasteiger partial charge in [0.25, 0.3) is 0 Å². The minimum Gasteiger partial charge on any atom is -0.394 e. The van der Waals surface area contributed by atoms with Gasteiger partial charge < -0.3 is 10.8 Å². The first-order valence-corrected chi connectivity index (χ1v) is 3.13. The molecule has 0 fully saturated rings. The number of nitrogens with zero attached hydrogens (tertiary/aromatic N) is 3. The minimum absolute atomic E-state index is 0.114. The van der Waals surface area contributed by atoms with Gasteiger partial charge in [-0.05, 0) is 5.21 Å². The van der Waals surface area contributed by atoms with Crippen LogP contribution in [0.5, 0.6) is 0 Å². The molecule has 50 valence electrons. The van der Waals surface area contributed by atoms with Gasteiger partial charge in [0.05, 0.1) is 12.6 Å². The zero-order chi connectivity index (χ0) is 6.69. The number of aliphatic hydroxyl groups excluding tert-OH is 1. The first-order chi connectivity index (χ1) is 4.34. The van der Waals surface area contributed by atoms with E-state index in [4.69, 9.17) is 10.8 Å². The quantitative estimate of drug-likeness (QED) is 0.554. The number of nitrogens with two attached hydrogens (primary N) is 1. The molecule has 0 spiro atoms. The van der Waals surface area contributed by atoms with E-state index < -0.39 is 6.04 Å². The van der Waals surface area contributed by atoms with Crippen molar-refractivity contribution in [3.05, 3.63) is 5.01 Å². The second-order valence-electron chi connectivity index (χ2n) is 1.49. The Kier molecular flexibility index (Phi) is 2.04. The van der Waals surface area contributed by atoms with Crippen molar-refractivity contribution in [1.29, 1.82) is 0 Å².